The Bertz CT molecular complexity index is 481. The first-order chi connectivity index (χ1) is 7.04. The van der Waals surface area contributed by atoms with Gasteiger partial charge in [0.05, 0.1) is 0 Å². The maximum atomic E-state index is 11.7. The van der Waals surface area contributed by atoms with Gasteiger partial charge in [-0.05, 0) is 25.6 Å². The Morgan fingerprint density at radius 3 is 2.87 bits per heavy atom. The van der Waals surface area contributed by atoms with Gasteiger partial charge in [0, 0.05) is 6.42 Å². The fourth-order valence-electron chi connectivity index (χ4n) is 1.73. The Hall–Kier alpha value is -1.07. The molecule has 5 heteroatoms. The highest BCUT2D eigenvalue weighted by Gasteiger charge is 2.27. The zero-order valence-electron chi connectivity index (χ0n) is 8.65. The Labute approximate surface area is 89.3 Å². The van der Waals surface area contributed by atoms with Gasteiger partial charge in [0.15, 0.2) is 0 Å². The highest BCUT2D eigenvalue weighted by molar-refractivity contribution is 7.89. The van der Waals surface area contributed by atoms with Gasteiger partial charge >= 0.3 is 0 Å². The highest BCUT2D eigenvalue weighted by Crippen LogP contribution is 2.34. The monoisotopic (exact) mass is 227 g/mol. The third-order valence-corrected chi connectivity index (χ3v) is 3.88. The van der Waals surface area contributed by atoms with E-state index >= 15 is 0 Å². The van der Waals surface area contributed by atoms with Crippen LogP contribution in [0.1, 0.15) is 12.5 Å². The Balaban J connectivity index is 2.57. The van der Waals surface area contributed by atoms with Crippen LogP contribution in [0, 0.1) is 0 Å². The number of fused-ring (bicyclic) bond motifs is 1. The van der Waals surface area contributed by atoms with Crippen LogP contribution in [0.25, 0.3) is 0 Å². The summed E-state index contributed by atoms with van der Waals surface area (Å²) in [6.45, 7) is 1.93. The lowest BCUT2D eigenvalue weighted by atomic mass is 10.1. The molecule has 0 radical (unpaired) electrons. The Morgan fingerprint density at radius 2 is 2.20 bits per heavy atom. The number of benzene rings is 1. The predicted octanol–water partition coefficient (Wildman–Crippen LogP) is 0.918. The molecule has 0 aromatic heterocycles. The van der Waals surface area contributed by atoms with Crippen molar-refractivity contribution in [1.82, 2.24) is 4.72 Å². The average Bonchev–Trinajstić information content (AvgIpc) is 2.57. The first-order valence-corrected chi connectivity index (χ1v) is 6.25. The minimum absolute atomic E-state index is 0.0493. The normalized spacial score (nSPS) is 19.7. The second kappa shape index (κ2) is 3.50. The molecule has 1 aliphatic heterocycles. The van der Waals surface area contributed by atoms with Crippen LogP contribution >= 0.6 is 0 Å². The van der Waals surface area contributed by atoms with E-state index in [1.54, 1.807) is 12.1 Å². The van der Waals surface area contributed by atoms with Gasteiger partial charge in [0.2, 0.25) is 10.0 Å². The van der Waals surface area contributed by atoms with Gasteiger partial charge in [-0.2, -0.15) is 0 Å². The molecule has 1 atom stereocenters. The molecule has 0 bridgehead atoms. The van der Waals surface area contributed by atoms with Crippen molar-refractivity contribution >= 4 is 10.0 Å². The standard InChI is InChI=1S/C10H13NO3S/c1-7-6-8-4-3-5-9(10(8)14-7)15(12,13)11-2/h3-5,7,11H,6H2,1-2H3. The summed E-state index contributed by atoms with van der Waals surface area (Å²) in [4.78, 5) is 0.229. The summed E-state index contributed by atoms with van der Waals surface area (Å²) in [7, 11) is -2.03. The number of hydrogen-bond acceptors (Lipinski definition) is 3. The van der Waals surface area contributed by atoms with Crippen molar-refractivity contribution in [2.45, 2.75) is 24.3 Å². The van der Waals surface area contributed by atoms with E-state index in [-0.39, 0.29) is 11.0 Å². The third-order valence-electron chi connectivity index (χ3n) is 2.45. The molecule has 0 aliphatic carbocycles. The van der Waals surface area contributed by atoms with E-state index in [9.17, 15) is 8.42 Å². The van der Waals surface area contributed by atoms with Crippen LogP contribution in [0.15, 0.2) is 23.1 Å². The summed E-state index contributed by atoms with van der Waals surface area (Å²) in [6, 6.07) is 5.20. The van der Waals surface area contributed by atoms with E-state index < -0.39 is 10.0 Å². The van der Waals surface area contributed by atoms with Crippen molar-refractivity contribution in [2.75, 3.05) is 7.05 Å². The van der Waals surface area contributed by atoms with Crippen LogP contribution in [-0.2, 0) is 16.4 Å². The van der Waals surface area contributed by atoms with Crippen LogP contribution in [0.5, 0.6) is 5.75 Å². The smallest absolute Gasteiger partial charge is 0.244 e. The molecule has 1 heterocycles. The van der Waals surface area contributed by atoms with Crippen LogP contribution in [0.4, 0.5) is 0 Å². The molecule has 1 aromatic carbocycles. The summed E-state index contributed by atoms with van der Waals surface area (Å²) in [5.41, 5.74) is 0.957. The zero-order valence-corrected chi connectivity index (χ0v) is 9.47. The van der Waals surface area contributed by atoms with Gasteiger partial charge in [-0.1, -0.05) is 12.1 Å². The number of nitrogens with one attached hydrogen (secondary N) is 1. The molecule has 0 saturated carbocycles. The molecule has 1 aliphatic rings. The lowest BCUT2D eigenvalue weighted by Crippen LogP contribution is -2.19. The molecular formula is C10H13NO3S. The fraction of sp³-hybridized carbons (Fsp3) is 0.400. The molecule has 15 heavy (non-hydrogen) atoms. The molecule has 1 aromatic rings. The largest absolute Gasteiger partial charge is 0.489 e. The van der Waals surface area contributed by atoms with Crippen molar-refractivity contribution < 1.29 is 13.2 Å². The molecule has 4 nitrogen and oxygen atoms in total. The maximum Gasteiger partial charge on any atom is 0.244 e. The number of rotatable bonds is 2. The first-order valence-electron chi connectivity index (χ1n) is 4.76. The molecule has 2 rings (SSSR count). The van der Waals surface area contributed by atoms with E-state index in [1.807, 2.05) is 13.0 Å². The molecule has 0 amide bonds. The van der Waals surface area contributed by atoms with E-state index in [1.165, 1.54) is 7.05 Å². The third kappa shape index (κ3) is 1.72. The number of para-hydroxylation sites is 1. The van der Waals surface area contributed by atoms with Gasteiger partial charge in [0.1, 0.15) is 16.7 Å². The Morgan fingerprint density at radius 1 is 1.47 bits per heavy atom. The van der Waals surface area contributed by atoms with Crippen molar-refractivity contribution in [1.29, 1.82) is 0 Å². The van der Waals surface area contributed by atoms with Crippen LogP contribution in [0.3, 0.4) is 0 Å². The Kier molecular flexibility index (Phi) is 2.44. The van der Waals surface area contributed by atoms with Crippen molar-refractivity contribution in [2.24, 2.45) is 0 Å². The van der Waals surface area contributed by atoms with Crippen molar-refractivity contribution in [3.8, 4) is 5.75 Å². The average molecular weight is 227 g/mol. The summed E-state index contributed by atoms with van der Waals surface area (Å²) in [5.74, 6) is 0.499. The predicted molar refractivity (Wildman–Crippen MR) is 56.5 cm³/mol. The number of ether oxygens (including phenoxy) is 1. The zero-order chi connectivity index (χ0) is 11.1. The van der Waals surface area contributed by atoms with E-state index in [0.29, 0.717) is 5.75 Å². The van der Waals surface area contributed by atoms with Crippen molar-refractivity contribution in [3.63, 3.8) is 0 Å². The maximum absolute atomic E-state index is 11.7. The van der Waals surface area contributed by atoms with Crippen LogP contribution in [-0.4, -0.2) is 21.6 Å². The quantitative estimate of drug-likeness (QED) is 0.817. The molecule has 0 spiro atoms. The second-order valence-electron chi connectivity index (χ2n) is 3.58. The van der Waals surface area contributed by atoms with Gasteiger partial charge in [-0.25, -0.2) is 13.1 Å². The van der Waals surface area contributed by atoms with Crippen LogP contribution < -0.4 is 9.46 Å². The summed E-state index contributed by atoms with van der Waals surface area (Å²) in [6.07, 6.45) is 0.816. The topological polar surface area (TPSA) is 55.4 Å². The van der Waals surface area contributed by atoms with E-state index in [2.05, 4.69) is 4.72 Å². The minimum Gasteiger partial charge on any atom is -0.489 e. The fourth-order valence-corrected chi connectivity index (χ4v) is 2.63. The van der Waals surface area contributed by atoms with E-state index in [0.717, 1.165) is 12.0 Å². The van der Waals surface area contributed by atoms with Gasteiger partial charge in [-0.3, -0.25) is 0 Å². The highest BCUT2D eigenvalue weighted by atomic mass is 32.2. The molecule has 0 saturated heterocycles. The molecule has 1 N–H and O–H groups in total. The lowest BCUT2D eigenvalue weighted by molar-refractivity contribution is 0.249. The molecule has 1 unspecified atom stereocenters. The summed E-state index contributed by atoms with van der Waals surface area (Å²) in [5, 5.41) is 0. The molecule has 0 fully saturated rings. The molecular weight excluding hydrogens is 214 g/mol. The SMILES string of the molecule is CNS(=O)(=O)c1cccc2c1OC(C)C2. The van der Waals surface area contributed by atoms with E-state index in [4.69, 9.17) is 4.74 Å². The number of hydrogen-bond donors (Lipinski definition) is 1. The van der Waals surface area contributed by atoms with Crippen LogP contribution in [0.2, 0.25) is 0 Å². The minimum atomic E-state index is -3.42. The first kappa shape index (κ1) is 10.4. The summed E-state index contributed by atoms with van der Waals surface area (Å²) >= 11 is 0. The second-order valence-corrected chi connectivity index (χ2v) is 5.44. The van der Waals surface area contributed by atoms with Gasteiger partial charge < -0.3 is 4.74 Å². The molecule has 82 valence electrons. The van der Waals surface area contributed by atoms with Crippen molar-refractivity contribution in [3.05, 3.63) is 23.8 Å². The van der Waals surface area contributed by atoms with Gasteiger partial charge in [-0.15, -0.1) is 0 Å². The lowest BCUT2D eigenvalue weighted by Gasteiger charge is -2.08. The summed E-state index contributed by atoms with van der Waals surface area (Å²) < 4.78 is 31.2. The number of sulfonamides is 1. The van der Waals surface area contributed by atoms with Gasteiger partial charge in [0.25, 0.3) is 0 Å².